The highest BCUT2D eigenvalue weighted by Gasteiger charge is 2.28. The van der Waals surface area contributed by atoms with Crippen LogP contribution in [0.25, 0.3) is 10.9 Å². The molecule has 2 aromatic rings. The van der Waals surface area contributed by atoms with Crippen LogP contribution < -0.4 is 9.88 Å². The Morgan fingerprint density at radius 1 is 1.16 bits per heavy atom. The summed E-state index contributed by atoms with van der Waals surface area (Å²) in [6.45, 7) is 8.33. The third-order valence-corrected chi connectivity index (χ3v) is 3.73. The molecule has 2 atom stereocenters. The molecule has 1 aliphatic heterocycles. The fourth-order valence-electron chi connectivity index (χ4n) is 2.94. The maximum Gasteiger partial charge on any atom is 0.275 e. The van der Waals surface area contributed by atoms with E-state index in [-0.39, 0.29) is 12.2 Å². The molecular weight excluding hydrogens is 236 g/mol. The first-order valence-electron chi connectivity index (χ1n) is 6.95. The zero-order valence-corrected chi connectivity index (χ0v) is 11.8. The number of benzene rings is 1. The summed E-state index contributed by atoms with van der Waals surface area (Å²) in [5.41, 5.74) is 2.51. The van der Waals surface area contributed by atoms with Gasteiger partial charge in [0.2, 0.25) is 0 Å². The molecule has 0 radical (unpaired) electrons. The van der Waals surface area contributed by atoms with Crippen LogP contribution in [0.3, 0.4) is 0 Å². The number of H-pyrrole nitrogens is 1. The van der Waals surface area contributed by atoms with Gasteiger partial charge in [0.05, 0.1) is 12.2 Å². The molecule has 2 unspecified atom stereocenters. The minimum Gasteiger partial charge on any atom is -0.367 e. The molecule has 1 aromatic heterocycles. The van der Waals surface area contributed by atoms with Crippen LogP contribution in [0.5, 0.6) is 0 Å². The quantitative estimate of drug-likeness (QED) is 0.785. The van der Waals surface area contributed by atoms with Crippen LogP contribution >= 0.6 is 0 Å². The Balaban J connectivity index is 2.00. The molecule has 0 aliphatic carbocycles. The lowest BCUT2D eigenvalue weighted by atomic mass is 10.1. The van der Waals surface area contributed by atoms with Gasteiger partial charge in [-0.2, -0.15) is 0 Å². The van der Waals surface area contributed by atoms with Crippen molar-refractivity contribution in [3.63, 3.8) is 0 Å². The van der Waals surface area contributed by atoms with Crippen molar-refractivity contribution in [3.05, 3.63) is 35.9 Å². The van der Waals surface area contributed by atoms with Gasteiger partial charge >= 0.3 is 0 Å². The number of rotatable bonds is 1. The molecule has 3 rings (SSSR count). The van der Waals surface area contributed by atoms with E-state index in [1.807, 2.05) is 0 Å². The fraction of sp³-hybridized carbons (Fsp3) is 0.438. The molecule has 1 saturated heterocycles. The summed E-state index contributed by atoms with van der Waals surface area (Å²) in [6.07, 6.45) is 0.563. The number of morpholine rings is 1. The Bertz CT molecular complexity index is 586. The molecule has 0 spiro atoms. The van der Waals surface area contributed by atoms with Crippen LogP contribution in [0.4, 0.5) is 5.82 Å². The highest BCUT2D eigenvalue weighted by molar-refractivity contribution is 5.80. The molecule has 2 heterocycles. The summed E-state index contributed by atoms with van der Waals surface area (Å²) >= 11 is 0. The second-order valence-electron chi connectivity index (χ2n) is 5.55. The molecule has 0 bridgehead atoms. The number of hydrogen-bond donors (Lipinski definition) is 0. The number of nitrogens with one attached hydrogen (secondary N) is 1. The minimum absolute atomic E-state index is 0.281. The largest absolute Gasteiger partial charge is 0.367 e. The minimum atomic E-state index is 0.281. The number of anilines is 1. The van der Waals surface area contributed by atoms with Gasteiger partial charge in [0.25, 0.3) is 5.82 Å². The Morgan fingerprint density at radius 3 is 2.58 bits per heavy atom. The fourth-order valence-corrected chi connectivity index (χ4v) is 2.94. The van der Waals surface area contributed by atoms with Gasteiger partial charge in [0.1, 0.15) is 18.6 Å². The molecule has 1 N–H and O–H groups in total. The number of hydrogen-bond acceptors (Lipinski definition) is 2. The van der Waals surface area contributed by atoms with Crippen molar-refractivity contribution >= 4 is 16.7 Å². The number of ether oxygens (including phenoxy) is 1. The van der Waals surface area contributed by atoms with Gasteiger partial charge in [-0.25, -0.2) is 4.98 Å². The highest BCUT2D eigenvalue weighted by atomic mass is 16.5. The number of para-hydroxylation sites is 1. The zero-order valence-electron chi connectivity index (χ0n) is 11.8. The van der Waals surface area contributed by atoms with Gasteiger partial charge in [0.15, 0.2) is 0 Å². The molecular formula is C16H21N2O+. The lowest BCUT2D eigenvalue weighted by Gasteiger charge is -2.31. The zero-order chi connectivity index (χ0) is 13.4. The lowest BCUT2D eigenvalue weighted by molar-refractivity contribution is -0.331. The van der Waals surface area contributed by atoms with Crippen molar-refractivity contribution in [1.29, 1.82) is 0 Å². The van der Waals surface area contributed by atoms with Crippen LogP contribution in [-0.4, -0.2) is 25.3 Å². The van der Waals surface area contributed by atoms with Gasteiger partial charge < -0.3 is 4.74 Å². The number of aromatic nitrogens is 1. The van der Waals surface area contributed by atoms with Crippen LogP contribution in [0.2, 0.25) is 0 Å². The second kappa shape index (κ2) is 4.82. The van der Waals surface area contributed by atoms with Gasteiger partial charge in [-0.1, -0.05) is 18.2 Å². The number of nitrogens with zero attached hydrogens (tertiary/aromatic N) is 1. The number of fused-ring (bicyclic) bond motifs is 1. The summed E-state index contributed by atoms with van der Waals surface area (Å²) in [7, 11) is 0. The predicted octanol–water partition coefficient (Wildman–Crippen LogP) is 2.58. The van der Waals surface area contributed by atoms with Crippen LogP contribution in [0, 0.1) is 6.92 Å². The standard InChI is InChI=1S/C16H20N2O/c1-11-8-16(17-15-7-5-4-6-14(11)15)18-9-12(2)19-13(3)10-18/h4-8,12-13H,9-10H2,1-3H3/p+1. The summed E-state index contributed by atoms with van der Waals surface area (Å²) in [5, 5.41) is 1.29. The Hall–Kier alpha value is -1.61. The highest BCUT2D eigenvalue weighted by Crippen LogP contribution is 2.21. The van der Waals surface area contributed by atoms with Crippen LogP contribution in [0.1, 0.15) is 19.4 Å². The van der Waals surface area contributed by atoms with E-state index < -0.39 is 0 Å². The average molecular weight is 257 g/mol. The first kappa shape index (κ1) is 12.4. The smallest absolute Gasteiger partial charge is 0.275 e. The first-order chi connectivity index (χ1) is 9.13. The van der Waals surface area contributed by atoms with Crippen molar-refractivity contribution in [2.45, 2.75) is 33.0 Å². The SMILES string of the molecule is Cc1cc(N2CC(C)OC(C)C2)[nH+]c2ccccc12. The number of aromatic amines is 1. The van der Waals surface area contributed by atoms with Crippen LogP contribution in [-0.2, 0) is 4.74 Å². The number of aryl methyl sites for hydroxylation is 1. The monoisotopic (exact) mass is 257 g/mol. The maximum absolute atomic E-state index is 5.80. The van der Waals surface area contributed by atoms with E-state index in [0.717, 1.165) is 13.1 Å². The van der Waals surface area contributed by atoms with E-state index in [1.54, 1.807) is 0 Å². The van der Waals surface area contributed by atoms with Gasteiger partial charge in [-0.05, 0) is 32.4 Å². The van der Waals surface area contributed by atoms with Crippen LogP contribution in [0.15, 0.2) is 30.3 Å². The predicted molar refractivity (Wildman–Crippen MR) is 77.5 cm³/mol. The molecule has 19 heavy (non-hydrogen) atoms. The normalized spacial score (nSPS) is 23.8. The summed E-state index contributed by atoms with van der Waals surface area (Å²) in [6, 6.07) is 10.7. The van der Waals surface area contributed by atoms with E-state index in [0.29, 0.717) is 0 Å². The Kier molecular flexibility index (Phi) is 3.15. The third-order valence-electron chi connectivity index (χ3n) is 3.73. The molecule has 3 nitrogen and oxygen atoms in total. The van der Waals surface area contributed by atoms with Gasteiger partial charge in [-0.3, -0.25) is 4.90 Å². The maximum atomic E-state index is 5.80. The van der Waals surface area contributed by atoms with Gasteiger partial charge in [-0.15, -0.1) is 0 Å². The Morgan fingerprint density at radius 2 is 1.84 bits per heavy atom. The van der Waals surface area contributed by atoms with E-state index in [4.69, 9.17) is 4.74 Å². The van der Waals surface area contributed by atoms with Crippen molar-refractivity contribution < 1.29 is 9.72 Å². The molecule has 0 amide bonds. The molecule has 0 saturated carbocycles. The number of pyridine rings is 1. The third kappa shape index (κ3) is 2.43. The van der Waals surface area contributed by atoms with Crippen molar-refractivity contribution in [3.8, 4) is 0 Å². The lowest BCUT2D eigenvalue weighted by Crippen LogP contribution is -2.47. The molecule has 1 aliphatic rings. The molecule has 100 valence electrons. The van der Waals surface area contributed by atoms with Gasteiger partial charge in [0, 0.05) is 11.5 Å². The first-order valence-corrected chi connectivity index (χ1v) is 6.95. The summed E-state index contributed by atoms with van der Waals surface area (Å²) in [4.78, 5) is 5.94. The van der Waals surface area contributed by atoms with E-state index in [9.17, 15) is 0 Å². The summed E-state index contributed by atoms with van der Waals surface area (Å²) < 4.78 is 5.80. The van der Waals surface area contributed by atoms with E-state index in [2.05, 4.69) is 61.0 Å². The van der Waals surface area contributed by atoms with Crippen molar-refractivity contribution in [2.24, 2.45) is 0 Å². The summed E-state index contributed by atoms with van der Waals surface area (Å²) in [5.74, 6) is 1.19. The molecule has 3 heteroatoms. The average Bonchev–Trinajstić information content (AvgIpc) is 2.37. The second-order valence-corrected chi connectivity index (χ2v) is 5.55. The Labute approximate surface area is 114 Å². The molecule has 1 aromatic carbocycles. The van der Waals surface area contributed by atoms with Crippen molar-refractivity contribution in [2.75, 3.05) is 18.0 Å². The van der Waals surface area contributed by atoms with E-state index >= 15 is 0 Å². The van der Waals surface area contributed by atoms with Crippen molar-refractivity contribution in [1.82, 2.24) is 0 Å². The topological polar surface area (TPSA) is 26.6 Å². The van der Waals surface area contributed by atoms with E-state index in [1.165, 1.54) is 22.3 Å². The molecule has 1 fully saturated rings.